The molecule has 0 bridgehead atoms. The minimum Gasteiger partial charge on any atom is -0.480 e. The number of hydrogen-bond donors (Lipinski definition) is 1. The molecule has 58 valence electrons. The average molecular weight is 143 g/mol. The summed E-state index contributed by atoms with van der Waals surface area (Å²) in [6, 6.07) is 0.162. The largest absolute Gasteiger partial charge is 0.480 e. The summed E-state index contributed by atoms with van der Waals surface area (Å²) in [5, 5.41) is 8.61. The van der Waals surface area contributed by atoms with Crippen molar-refractivity contribution in [2.45, 2.75) is 32.4 Å². The molecular weight excluding hydrogens is 130 g/mol. The molecule has 1 heterocycles. The summed E-state index contributed by atoms with van der Waals surface area (Å²) in [5.41, 5.74) is 0. The molecule has 10 heavy (non-hydrogen) atoms. The summed E-state index contributed by atoms with van der Waals surface area (Å²) < 4.78 is 0. The first kappa shape index (κ1) is 7.54. The second kappa shape index (κ2) is 2.58. The van der Waals surface area contributed by atoms with E-state index in [4.69, 9.17) is 5.11 Å². The smallest absolute Gasteiger partial charge is 0.320 e. The van der Waals surface area contributed by atoms with Crippen molar-refractivity contribution in [1.29, 1.82) is 0 Å². The molecule has 0 aromatic carbocycles. The second-order valence-corrected chi connectivity index (χ2v) is 2.97. The standard InChI is InChI=1S/C7H13NO2/c1-5(2)8-4-3-6(8)7(9)10/h5-6H,3-4H2,1-2H3,(H,9,10)/t6-/m0/s1. The van der Waals surface area contributed by atoms with Gasteiger partial charge in [0.1, 0.15) is 6.04 Å². The maximum Gasteiger partial charge on any atom is 0.320 e. The Morgan fingerprint density at radius 2 is 2.30 bits per heavy atom. The van der Waals surface area contributed by atoms with Gasteiger partial charge in [-0.3, -0.25) is 9.69 Å². The van der Waals surface area contributed by atoms with Crippen molar-refractivity contribution in [2.24, 2.45) is 0 Å². The quantitative estimate of drug-likeness (QED) is 0.613. The number of aliphatic carboxylic acids is 1. The zero-order chi connectivity index (χ0) is 7.72. The summed E-state index contributed by atoms with van der Waals surface area (Å²) in [7, 11) is 0. The molecular formula is C7H13NO2. The minimum atomic E-state index is -0.681. The van der Waals surface area contributed by atoms with Gasteiger partial charge in [-0.15, -0.1) is 0 Å². The SMILES string of the molecule is CC(C)N1CC[C@H]1C(=O)O. The predicted octanol–water partition coefficient (Wildman–Crippen LogP) is 0.554. The van der Waals surface area contributed by atoms with E-state index in [1.807, 2.05) is 18.7 Å². The van der Waals surface area contributed by atoms with E-state index in [9.17, 15) is 4.79 Å². The highest BCUT2D eigenvalue weighted by Gasteiger charge is 2.35. The van der Waals surface area contributed by atoms with Crippen LogP contribution in [0, 0.1) is 0 Å². The van der Waals surface area contributed by atoms with E-state index in [0.29, 0.717) is 6.04 Å². The molecule has 1 aliphatic heterocycles. The van der Waals surface area contributed by atoms with Crippen molar-refractivity contribution in [3.8, 4) is 0 Å². The first-order valence-electron chi connectivity index (χ1n) is 3.61. The lowest BCUT2D eigenvalue weighted by atomic mass is 10.0. The van der Waals surface area contributed by atoms with Crippen molar-refractivity contribution < 1.29 is 9.90 Å². The van der Waals surface area contributed by atoms with Gasteiger partial charge in [0.05, 0.1) is 0 Å². The van der Waals surface area contributed by atoms with Crippen LogP contribution in [0.4, 0.5) is 0 Å². The number of nitrogens with zero attached hydrogens (tertiary/aromatic N) is 1. The Bertz CT molecular complexity index is 145. The molecule has 1 rings (SSSR count). The third-order valence-corrected chi connectivity index (χ3v) is 2.01. The molecule has 3 nitrogen and oxygen atoms in total. The van der Waals surface area contributed by atoms with E-state index >= 15 is 0 Å². The summed E-state index contributed by atoms with van der Waals surface area (Å²) in [6.45, 7) is 4.98. The van der Waals surface area contributed by atoms with Gasteiger partial charge in [-0.2, -0.15) is 0 Å². The van der Waals surface area contributed by atoms with Crippen LogP contribution in [0.25, 0.3) is 0 Å². The van der Waals surface area contributed by atoms with Crippen LogP contribution >= 0.6 is 0 Å². The van der Waals surface area contributed by atoms with E-state index < -0.39 is 5.97 Å². The van der Waals surface area contributed by atoms with Gasteiger partial charge >= 0.3 is 5.97 Å². The summed E-state index contributed by atoms with van der Waals surface area (Å²) in [5.74, 6) is -0.681. The molecule has 0 amide bonds. The first-order chi connectivity index (χ1) is 4.63. The van der Waals surface area contributed by atoms with Crippen LogP contribution in [0.15, 0.2) is 0 Å². The van der Waals surface area contributed by atoms with Crippen molar-refractivity contribution >= 4 is 5.97 Å². The zero-order valence-corrected chi connectivity index (χ0v) is 6.37. The van der Waals surface area contributed by atoms with E-state index in [1.54, 1.807) is 0 Å². The molecule has 0 aromatic rings. The van der Waals surface area contributed by atoms with Gasteiger partial charge in [-0.1, -0.05) is 0 Å². The van der Waals surface area contributed by atoms with Crippen LogP contribution in [0.2, 0.25) is 0 Å². The van der Waals surface area contributed by atoms with Crippen molar-refractivity contribution in [3.05, 3.63) is 0 Å². The Morgan fingerprint density at radius 1 is 1.70 bits per heavy atom. The molecule has 0 aliphatic carbocycles. The van der Waals surface area contributed by atoms with Gasteiger partial charge in [-0.25, -0.2) is 0 Å². The number of likely N-dealkylation sites (tertiary alicyclic amines) is 1. The Morgan fingerprint density at radius 3 is 2.40 bits per heavy atom. The van der Waals surface area contributed by atoms with Crippen LogP contribution in [-0.4, -0.2) is 34.6 Å². The highest BCUT2D eigenvalue weighted by Crippen LogP contribution is 2.19. The van der Waals surface area contributed by atoms with Gasteiger partial charge in [0.2, 0.25) is 0 Å². The molecule has 0 unspecified atom stereocenters. The first-order valence-corrected chi connectivity index (χ1v) is 3.61. The second-order valence-electron chi connectivity index (χ2n) is 2.97. The third-order valence-electron chi connectivity index (χ3n) is 2.01. The lowest BCUT2D eigenvalue weighted by Crippen LogP contribution is -2.55. The molecule has 1 aliphatic rings. The minimum absolute atomic E-state index is 0.208. The maximum atomic E-state index is 10.5. The van der Waals surface area contributed by atoms with Crippen LogP contribution in [0.5, 0.6) is 0 Å². The Kier molecular flexibility index (Phi) is 1.94. The number of rotatable bonds is 2. The van der Waals surface area contributed by atoms with Crippen molar-refractivity contribution in [2.75, 3.05) is 6.54 Å². The van der Waals surface area contributed by atoms with Gasteiger partial charge in [0, 0.05) is 12.6 Å². The number of hydrogen-bond acceptors (Lipinski definition) is 2. The van der Waals surface area contributed by atoms with E-state index in [2.05, 4.69) is 0 Å². The lowest BCUT2D eigenvalue weighted by molar-refractivity contribution is -0.149. The topological polar surface area (TPSA) is 40.5 Å². The zero-order valence-electron chi connectivity index (χ0n) is 6.37. The summed E-state index contributed by atoms with van der Waals surface area (Å²) >= 11 is 0. The molecule has 1 fully saturated rings. The van der Waals surface area contributed by atoms with Crippen LogP contribution in [-0.2, 0) is 4.79 Å². The van der Waals surface area contributed by atoms with Crippen LogP contribution < -0.4 is 0 Å². The summed E-state index contributed by atoms with van der Waals surface area (Å²) in [6.07, 6.45) is 0.813. The highest BCUT2D eigenvalue weighted by atomic mass is 16.4. The predicted molar refractivity (Wildman–Crippen MR) is 37.9 cm³/mol. The third kappa shape index (κ3) is 1.14. The molecule has 1 N–H and O–H groups in total. The average Bonchev–Trinajstić information content (AvgIpc) is 1.56. The molecule has 1 atom stereocenters. The molecule has 0 aromatic heterocycles. The number of carboxylic acid groups (broad SMARTS) is 1. The van der Waals surface area contributed by atoms with Crippen LogP contribution in [0.1, 0.15) is 20.3 Å². The van der Waals surface area contributed by atoms with Crippen LogP contribution in [0.3, 0.4) is 0 Å². The van der Waals surface area contributed by atoms with Gasteiger partial charge in [-0.05, 0) is 20.3 Å². The Hall–Kier alpha value is -0.570. The van der Waals surface area contributed by atoms with Gasteiger partial charge < -0.3 is 5.11 Å². The molecule has 3 heteroatoms. The van der Waals surface area contributed by atoms with Crippen molar-refractivity contribution in [3.63, 3.8) is 0 Å². The fraction of sp³-hybridized carbons (Fsp3) is 0.857. The van der Waals surface area contributed by atoms with E-state index in [0.717, 1.165) is 13.0 Å². The maximum absolute atomic E-state index is 10.5. The van der Waals surface area contributed by atoms with Gasteiger partial charge in [0.15, 0.2) is 0 Å². The monoisotopic (exact) mass is 143 g/mol. The number of carboxylic acids is 1. The Balaban J connectivity index is 2.43. The fourth-order valence-corrected chi connectivity index (χ4v) is 1.29. The molecule has 0 radical (unpaired) electrons. The van der Waals surface area contributed by atoms with E-state index in [-0.39, 0.29) is 6.04 Å². The number of carbonyl (C=O) groups is 1. The van der Waals surface area contributed by atoms with Crippen molar-refractivity contribution in [1.82, 2.24) is 4.90 Å². The molecule has 1 saturated heterocycles. The normalized spacial score (nSPS) is 26.5. The molecule has 0 spiro atoms. The fourth-order valence-electron chi connectivity index (χ4n) is 1.29. The van der Waals surface area contributed by atoms with Gasteiger partial charge in [0.25, 0.3) is 0 Å². The lowest BCUT2D eigenvalue weighted by Gasteiger charge is -2.40. The Labute approximate surface area is 60.6 Å². The molecule has 0 saturated carbocycles. The van der Waals surface area contributed by atoms with E-state index in [1.165, 1.54) is 0 Å². The highest BCUT2D eigenvalue weighted by molar-refractivity contribution is 5.74. The summed E-state index contributed by atoms with van der Waals surface area (Å²) in [4.78, 5) is 12.4.